The second kappa shape index (κ2) is 10.1. The highest BCUT2D eigenvalue weighted by atomic mass is 16.5. The van der Waals surface area contributed by atoms with Gasteiger partial charge in [-0.2, -0.15) is 0 Å². The maximum Gasteiger partial charge on any atom is 0.407 e. The van der Waals surface area contributed by atoms with E-state index in [-0.39, 0.29) is 13.0 Å². The fraction of sp³-hybridized carbons (Fsp3) is 0.636. The zero-order chi connectivity index (χ0) is 17.1. The molecule has 4 N–H and O–H groups in total. The highest BCUT2D eigenvalue weighted by molar-refractivity contribution is 5.80. The summed E-state index contributed by atoms with van der Waals surface area (Å²) >= 11 is 0. The van der Waals surface area contributed by atoms with Crippen LogP contribution >= 0.6 is 0 Å². The molecule has 0 rings (SSSR count). The first-order valence-electron chi connectivity index (χ1n) is 6.07. The van der Waals surface area contributed by atoms with E-state index in [9.17, 15) is 19.2 Å². The zero-order valence-corrected chi connectivity index (χ0v) is 12.4. The molecule has 22 heavy (non-hydrogen) atoms. The van der Waals surface area contributed by atoms with Crippen LogP contribution in [0.2, 0.25) is 0 Å². The van der Waals surface area contributed by atoms with E-state index in [1.54, 1.807) is 0 Å². The first kappa shape index (κ1) is 19.3. The van der Waals surface area contributed by atoms with E-state index >= 15 is 0 Å². The van der Waals surface area contributed by atoms with Crippen molar-refractivity contribution in [1.82, 2.24) is 16.0 Å². The Bertz CT molecular complexity index is 414. The number of methoxy groups -OCH3 is 3. The number of hydrogen-bond donors (Lipinski definition) is 4. The minimum Gasteiger partial charge on any atom is -0.480 e. The lowest BCUT2D eigenvalue weighted by molar-refractivity contribution is -0.139. The van der Waals surface area contributed by atoms with Crippen LogP contribution in [0.4, 0.5) is 14.4 Å². The van der Waals surface area contributed by atoms with Gasteiger partial charge in [0.1, 0.15) is 6.04 Å². The Morgan fingerprint density at radius 3 is 1.86 bits per heavy atom. The van der Waals surface area contributed by atoms with Crippen molar-refractivity contribution in [2.24, 2.45) is 0 Å². The summed E-state index contributed by atoms with van der Waals surface area (Å²) in [5.41, 5.74) is 0. The summed E-state index contributed by atoms with van der Waals surface area (Å²) in [6.07, 6.45) is -2.74. The Morgan fingerprint density at radius 2 is 1.41 bits per heavy atom. The summed E-state index contributed by atoms with van der Waals surface area (Å²) < 4.78 is 13.1. The molecule has 2 atom stereocenters. The van der Waals surface area contributed by atoms with Gasteiger partial charge in [-0.1, -0.05) is 0 Å². The van der Waals surface area contributed by atoms with Crippen molar-refractivity contribution in [2.45, 2.75) is 18.5 Å². The summed E-state index contributed by atoms with van der Waals surface area (Å²) in [4.78, 5) is 44.5. The predicted octanol–water partition coefficient (Wildman–Crippen LogP) is -0.734. The van der Waals surface area contributed by atoms with Crippen LogP contribution in [-0.2, 0) is 19.0 Å². The summed E-state index contributed by atoms with van der Waals surface area (Å²) in [6.45, 7) is -0.131. The number of carboxylic acids is 1. The molecule has 0 aromatic carbocycles. The monoisotopic (exact) mass is 321 g/mol. The number of rotatable bonds is 7. The topological polar surface area (TPSA) is 152 Å². The van der Waals surface area contributed by atoms with E-state index in [1.165, 1.54) is 0 Å². The standard InChI is InChI=1S/C11H19N3O8/c1-20-9(17)12-5-6(13-10(18)21-2)4-7(8(15)16)14-11(19)22-3/h6-7H,4-5H2,1-3H3,(H,12,17)(H,13,18)(H,14,19)(H,15,16)/t6?,7-/m0/s1. The van der Waals surface area contributed by atoms with Crippen LogP contribution in [0.5, 0.6) is 0 Å². The van der Waals surface area contributed by atoms with Crippen LogP contribution < -0.4 is 16.0 Å². The Morgan fingerprint density at radius 1 is 0.909 bits per heavy atom. The Labute approximate surface area is 126 Å². The molecule has 0 heterocycles. The van der Waals surface area contributed by atoms with E-state index in [0.29, 0.717) is 0 Å². The van der Waals surface area contributed by atoms with Gasteiger partial charge in [0.25, 0.3) is 0 Å². The fourth-order valence-electron chi connectivity index (χ4n) is 1.40. The van der Waals surface area contributed by atoms with Gasteiger partial charge < -0.3 is 35.3 Å². The average molecular weight is 321 g/mol. The Balaban J connectivity index is 4.80. The quantitative estimate of drug-likeness (QED) is 0.448. The van der Waals surface area contributed by atoms with E-state index in [2.05, 4.69) is 30.2 Å². The van der Waals surface area contributed by atoms with Crippen LogP contribution in [0.15, 0.2) is 0 Å². The minimum absolute atomic E-state index is 0.131. The van der Waals surface area contributed by atoms with Gasteiger partial charge in [-0.25, -0.2) is 19.2 Å². The molecule has 1 unspecified atom stereocenters. The summed E-state index contributed by atoms with van der Waals surface area (Å²) in [6, 6.07) is -2.17. The maximum absolute atomic E-state index is 11.2. The molecule has 0 fully saturated rings. The number of hydrogen-bond acceptors (Lipinski definition) is 7. The van der Waals surface area contributed by atoms with Gasteiger partial charge >= 0.3 is 24.2 Å². The van der Waals surface area contributed by atoms with Crippen molar-refractivity contribution in [2.75, 3.05) is 27.9 Å². The lowest BCUT2D eigenvalue weighted by Gasteiger charge is -2.22. The fourth-order valence-corrected chi connectivity index (χ4v) is 1.40. The molecular formula is C11H19N3O8. The summed E-state index contributed by atoms with van der Waals surface area (Å²) in [7, 11) is 3.36. The second-order valence-electron chi connectivity index (χ2n) is 3.97. The van der Waals surface area contributed by atoms with Crippen LogP contribution in [0, 0.1) is 0 Å². The smallest absolute Gasteiger partial charge is 0.407 e. The molecule has 0 bridgehead atoms. The van der Waals surface area contributed by atoms with Gasteiger partial charge in [0.2, 0.25) is 0 Å². The van der Waals surface area contributed by atoms with Crippen LogP contribution in [-0.4, -0.2) is 69.3 Å². The Kier molecular flexibility index (Phi) is 8.83. The molecule has 0 aliphatic carbocycles. The third-order valence-corrected chi connectivity index (χ3v) is 2.48. The number of carbonyl (C=O) groups excluding carboxylic acids is 3. The molecule has 0 aliphatic heterocycles. The van der Waals surface area contributed by atoms with Crippen molar-refractivity contribution in [3.8, 4) is 0 Å². The van der Waals surface area contributed by atoms with Crippen molar-refractivity contribution in [3.63, 3.8) is 0 Å². The maximum atomic E-state index is 11.2. The molecule has 0 aliphatic rings. The van der Waals surface area contributed by atoms with Crippen molar-refractivity contribution in [1.29, 1.82) is 0 Å². The van der Waals surface area contributed by atoms with Crippen LogP contribution in [0.25, 0.3) is 0 Å². The molecule has 0 aromatic heterocycles. The van der Waals surface area contributed by atoms with Gasteiger partial charge in [0.05, 0.1) is 27.4 Å². The average Bonchev–Trinajstić information content (AvgIpc) is 2.50. The molecule has 0 radical (unpaired) electrons. The largest absolute Gasteiger partial charge is 0.480 e. The molecule has 0 spiro atoms. The molecule has 0 aromatic rings. The van der Waals surface area contributed by atoms with Gasteiger partial charge in [0.15, 0.2) is 0 Å². The third-order valence-electron chi connectivity index (χ3n) is 2.48. The number of aliphatic carboxylic acids is 1. The highest BCUT2D eigenvalue weighted by Gasteiger charge is 2.26. The second-order valence-corrected chi connectivity index (χ2v) is 3.97. The molecule has 126 valence electrons. The van der Waals surface area contributed by atoms with E-state index < -0.39 is 36.3 Å². The molecule has 11 nitrogen and oxygen atoms in total. The SMILES string of the molecule is COC(=O)NCC(C[C@H](NC(=O)OC)C(=O)O)NC(=O)OC. The number of carboxylic acid groups (broad SMARTS) is 1. The number of ether oxygens (including phenoxy) is 3. The van der Waals surface area contributed by atoms with Crippen molar-refractivity contribution in [3.05, 3.63) is 0 Å². The number of carbonyl (C=O) groups is 4. The van der Waals surface area contributed by atoms with Crippen molar-refractivity contribution < 1.29 is 38.5 Å². The first-order valence-corrected chi connectivity index (χ1v) is 6.07. The molecule has 0 saturated heterocycles. The molecule has 3 amide bonds. The lowest BCUT2D eigenvalue weighted by atomic mass is 10.1. The minimum atomic E-state index is -1.34. The highest BCUT2D eigenvalue weighted by Crippen LogP contribution is 2.01. The number of nitrogens with one attached hydrogen (secondary N) is 3. The first-order chi connectivity index (χ1) is 10.3. The van der Waals surface area contributed by atoms with E-state index in [0.717, 1.165) is 21.3 Å². The van der Waals surface area contributed by atoms with E-state index in [4.69, 9.17) is 5.11 Å². The van der Waals surface area contributed by atoms with E-state index in [1.807, 2.05) is 0 Å². The van der Waals surface area contributed by atoms with Crippen molar-refractivity contribution >= 4 is 24.2 Å². The van der Waals surface area contributed by atoms with Gasteiger partial charge in [-0.3, -0.25) is 0 Å². The molecule has 0 saturated carbocycles. The van der Waals surface area contributed by atoms with Gasteiger partial charge in [-0.05, 0) is 0 Å². The van der Waals surface area contributed by atoms with Crippen LogP contribution in [0.1, 0.15) is 6.42 Å². The lowest BCUT2D eigenvalue weighted by Crippen LogP contribution is -2.50. The number of amides is 3. The van der Waals surface area contributed by atoms with Crippen LogP contribution in [0.3, 0.4) is 0 Å². The zero-order valence-electron chi connectivity index (χ0n) is 12.4. The predicted molar refractivity (Wildman–Crippen MR) is 71.3 cm³/mol. The molecule has 11 heteroatoms. The van der Waals surface area contributed by atoms with Gasteiger partial charge in [-0.15, -0.1) is 0 Å². The third kappa shape index (κ3) is 7.77. The number of alkyl carbamates (subject to hydrolysis) is 3. The van der Waals surface area contributed by atoms with Gasteiger partial charge in [0, 0.05) is 13.0 Å². The molecular weight excluding hydrogens is 302 g/mol. The Hall–Kier alpha value is -2.72. The summed E-state index contributed by atoms with van der Waals surface area (Å²) in [5.74, 6) is -1.33. The summed E-state index contributed by atoms with van der Waals surface area (Å²) in [5, 5.41) is 15.8. The normalized spacial score (nSPS) is 12.3.